The number of hydrogen-bond acceptors (Lipinski definition) is 4. The number of benzene rings is 2. The van der Waals surface area contributed by atoms with E-state index in [-0.39, 0.29) is 6.54 Å². The summed E-state index contributed by atoms with van der Waals surface area (Å²) in [5.74, 6) is 0.266. The third-order valence-corrected chi connectivity index (χ3v) is 4.87. The van der Waals surface area contributed by atoms with Gasteiger partial charge in [0.1, 0.15) is 12.3 Å². The zero-order chi connectivity index (χ0) is 18.4. The SMILES string of the molecule is CCOc1ccc(NC(=O)CN(c2cccc(Br)c2)S(C)(=O)=O)cc1. The number of anilines is 2. The average molecular weight is 427 g/mol. The summed E-state index contributed by atoms with van der Waals surface area (Å²) in [5, 5.41) is 2.69. The molecule has 25 heavy (non-hydrogen) atoms. The van der Waals surface area contributed by atoms with E-state index in [2.05, 4.69) is 21.2 Å². The number of ether oxygens (including phenoxy) is 1. The molecule has 0 aliphatic carbocycles. The molecule has 8 heteroatoms. The van der Waals surface area contributed by atoms with Crippen molar-refractivity contribution in [3.05, 3.63) is 53.0 Å². The van der Waals surface area contributed by atoms with E-state index in [4.69, 9.17) is 4.74 Å². The Morgan fingerprint density at radius 3 is 2.44 bits per heavy atom. The summed E-state index contributed by atoms with van der Waals surface area (Å²) >= 11 is 3.30. The second-order valence-electron chi connectivity index (χ2n) is 5.26. The van der Waals surface area contributed by atoms with Crippen LogP contribution in [0.2, 0.25) is 0 Å². The highest BCUT2D eigenvalue weighted by molar-refractivity contribution is 9.10. The van der Waals surface area contributed by atoms with E-state index in [0.717, 1.165) is 15.0 Å². The number of halogens is 1. The Balaban J connectivity index is 2.12. The highest BCUT2D eigenvalue weighted by Gasteiger charge is 2.21. The number of carbonyl (C=O) groups is 1. The zero-order valence-electron chi connectivity index (χ0n) is 13.9. The van der Waals surface area contributed by atoms with Crippen molar-refractivity contribution in [3.8, 4) is 5.75 Å². The first kappa shape index (κ1) is 19.3. The first-order valence-corrected chi connectivity index (χ1v) is 10.2. The maximum Gasteiger partial charge on any atom is 0.245 e. The molecule has 0 fully saturated rings. The van der Waals surface area contributed by atoms with Gasteiger partial charge >= 0.3 is 0 Å². The van der Waals surface area contributed by atoms with Gasteiger partial charge in [-0.25, -0.2) is 8.42 Å². The van der Waals surface area contributed by atoms with Gasteiger partial charge in [0.05, 0.1) is 18.6 Å². The molecule has 0 spiro atoms. The Kier molecular flexibility index (Phi) is 6.44. The van der Waals surface area contributed by atoms with Crippen molar-refractivity contribution in [2.75, 3.05) is 29.0 Å². The van der Waals surface area contributed by atoms with E-state index < -0.39 is 15.9 Å². The van der Waals surface area contributed by atoms with Crippen LogP contribution in [0.25, 0.3) is 0 Å². The fraction of sp³-hybridized carbons (Fsp3) is 0.235. The van der Waals surface area contributed by atoms with E-state index >= 15 is 0 Å². The summed E-state index contributed by atoms with van der Waals surface area (Å²) in [7, 11) is -3.60. The lowest BCUT2D eigenvalue weighted by atomic mass is 10.3. The summed E-state index contributed by atoms with van der Waals surface area (Å²) < 4.78 is 31.2. The van der Waals surface area contributed by atoms with Gasteiger partial charge in [-0.2, -0.15) is 0 Å². The third kappa shape index (κ3) is 5.75. The molecule has 1 amide bonds. The Labute approximate surface area is 156 Å². The number of nitrogens with zero attached hydrogens (tertiary/aromatic N) is 1. The van der Waals surface area contributed by atoms with E-state index in [1.807, 2.05) is 6.92 Å². The Morgan fingerprint density at radius 2 is 1.88 bits per heavy atom. The number of rotatable bonds is 7. The fourth-order valence-corrected chi connectivity index (χ4v) is 3.40. The molecule has 0 saturated carbocycles. The van der Waals surface area contributed by atoms with Crippen molar-refractivity contribution >= 4 is 43.2 Å². The van der Waals surface area contributed by atoms with Crippen LogP contribution in [0.3, 0.4) is 0 Å². The Hall–Kier alpha value is -2.06. The van der Waals surface area contributed by atoms with Crippen LogP contribution < -0.4 is 14.4 Å². The molecule has 1 N–H and O–H groups in total. The number of carbonyl (C=O) groups excluding carboxylic acids is 1. The summed E-state index contributed by atoms with van der Waals surface area (Å²) in [6.45, 7) is 2.13. The van der Waals surface area contributed by atoms with E-state index in [0.29, 0.717) is 23.7 Å². The van der Waals surface area contributed by atoms with Crippen LogP contribution >= 0.6 is 15.9 Å². The monoisotopic (exact) mass is 426 g/mol. The van der Waals surface area contributed by atoms with Crippen molar-refractivity contribution in [2.45, 2.75) is 6.92 Å². The molecule has 0 bridgehead atoms. The van der Waals surface area contributed by atoms with Crippen molar-refractivity contribution < 1.29 is 17.9 Å². The highest BCUT2D eigenvalue weighted by Crippen LogP contribution is 2.22. The van der Waals surface area contributed by atoms with E-state index in [9.17, 15) is 13.2 Å². The van der Waals surface area contributed by atoms with Crippen LogP contribution in [-0.2, 0) is 14.8 Å². The van der Waals surface area contributed by atoms with Crippen LogP contribution in [0.1, 0.15) is 6.92 Å². The van der Waals surface area contributed by atoms with Gasteiger partial charge < -0.3 is 10.1 Å². The predicted molar refractivity (Wildman–Crippen MR) is 103 cm³/mol. The van der Waals surface area contributed by atoms with E-state index in [1.54, 1.807) is 48.5 Å². The molecule has 2 aromatic rings. The van der Waals surface area contributed by atoms with Crippen molar-refractivity contribution in [3.63, 3.8) is 0 Å². The standard InChI is InChI=1S/C17H19BrN2O4S/c1-3-24-16-9-7-14(8-10-16)19-17(21)12-20(25(2,22)23)15-6-4-5-13(18)11-15/h4-11H,3,12H2,1-2H3,(H,19,21). The van der Waals surface area contributed by atoms with Crippen LogP contribution in [0.4, 0.5) is 11.4 Å². The minimum Gasteiger partial charge on any atom is -0.494 e. The highest BCUT2D eigenvalue weighted by atomic mass is 79.9. The molecule has 0 heterocycles. The predicted octanol–water partition coefficient (Wildman–Crippen LogP) is 3.25. The molecule has 0 saturated heterocycles. The number of nitrogens with one attached hydrogen (secondary N) is 1. The van der Waals surface area contributed by atoms with Crippen LogP contribution in [0.15, 0.2) is 53.0 Å². The quantitative estimate of drug-likeness (QED) is 0.736. The second-order valence-corrected chi connectivity index (χ2v) is 8.08. The van der Waals surface area contributed by atoms with Gasteiger partial charge in [-0.05, 0) is 49.4 Å². The lowest BCUT2D eigenvalue weighted by Crippen LogP contribution is -2.37. The topological polar surface area (TPSA) is 75.7 Å². The van der Waals surface area contributed by atoms with Gasteiger partial charge in [0, 0.05) is 10.2 Å². The van der Waals surface area contributed by atoms with Crippen molar-refractivity contribution in [2.24, 2.45) is 0 Å². The molecule has 2 aromatic carbocycles. The Morgan fingerprint density at radius 1 is 1.20 bits per heavy atom. The number of hydrogen-bond donors (Lipinski definition) is 1. The Bertz CT molecular complexity index is 838. The maximum atomic E-state index is 12.3. The first-order valence-electron chi connectivity index (χ1n) is 7.55. The lowest BCUT2D eigenvalue weighted by Gasteiger charge is -2.22. The smallest absolute Gasteiger partial charge is 0.245 e. The van der Waals surface area contributed by atoms with Crippen LogP contribution in [0, 0.1) is 0 Å². The van der Waals surface area contributed by atoms with Gasteiger partial charge in [-0.1, -0.05) is 22.0 Å². The lowest BCUT2D eigenvalue weighted by molar-refractivity contribution is -0.114. The van der Waals surface area contributed by atoms with Gasteiger partial charge in [0.2, 0.25) is 15.9 Å². The fourth-order valence-electron chi connectivity index (χ4n) is 2.16. The van der Waals surface area contributed by atoms with Gasteiger partial charge in [0.25, 0.3) is 0 Å². The molecule has 0 atom stereocenters. The molecule has 0 aliphatic rings. The second kappa shape index (κ2) is 8.35. The molecule has 0 radical (unpaired) electrons. The largest absolute Gasteiger partial charge is 0.494 e. The molecule has 0 aromatic heterocycles. The third-order valence-electron chi connectivity index (χ3n) is 3.23. The van der Waals surface area contributed by atoms with E-state index in [1.165, 1.54) is 0 Å². The number of amides is 1. The van der Waals surface area contributed by atoms with Crippen LogP contribution in [0.5, 0.6) is 5.75 Å². The normalized spacial score (nSPS) is 11.0. The zero-order valence-corrected chi connectivity index (χ0v) is 16.3. The minimum atomic E-state index is -3.60. The van der Waals surface area contributed by atoms with Gasteiger partial charge in [-0.15, -0.1) is 0 Å². The summed E-state index contributed by atoms with van der Waals surface area (Å²) in [6.07, 6.45) is 1.07. The first-order chi connectivity index (χ1) is 11.8. The molecular formula is C17H19BrN2O4S. The van der Waals surface area contributed by atoms with Crippen LogP contribution in [-0.4, -0.2) is 33.7 Å². The minimum absolute atomic E-state index is 0.317. The maximum absolute atomic E-state index is 12.3. The molecular weight excluding hydrogens is 408 g/mol. The molecule has 0 aliphatic heterocycles. The molecule has 134 valence electrons. The molecule has 2 rings (SSSR count). The van der Waals surface area contributed by atoms with Gasteiger partial charge in [-0.3, -0.25) is 9.10 Å². The summed E-state index contributed by atoms with van der Waals surface area (Å²) in [5.41, 5.74) is 0.981. The number of sulfonamides is 1. The molecule has 6 nitrogen and oxygen atoms in total. The van der Waals surface area contributed by atoms with Crippen molar-refractivity contribution in [1.29, 1.82) is 0 Å². The average Bonchev–Trinajstić information content (AvgIpc) is 2.54. The summed E-state index contributed by atoms with van der Waals surface area (Å²) in [4.78, 5) is 12.3. The van der Waals surface area contributed by atoms with Crippen molar-refractivity contribution in [1.82, 2.24) is 0 Å². The van der Waals surface area contributed by atoms with Gasteiger partial charge in [0.15, 0.2) is 0 Å². The molecule has 0 unspecified atom stereocenters. The summed E-state index contributed by atoms with van der Waals surface area (Å²) in [6, 6.07) is 13.6.